The van der Waals surface area contributed by atoms with Crippen molar-refractivity contribution in [1.29, 1.82) is 0 Å². The number of nitrogens with zero attached hydrogens (tertiary/aromatic N) is 6. The van der Waals surface area contributed by atoms with E-state index >= 15 is 0 Å². The highest BCUT2D eigenvalue weighted by molar-refractivity contribution is 7.98. The van der Waals surface area contributed by atoms with Gasteiger partial charge in [0.1, 0.15) is 5.76 Å². The van der Waals surface area contributed by atoms with Crippen molar-refractivity contribution in [2.45, 2.75) is 31.7 Å². The van der Waals surface area contributed by atoms with Crippen LogP contribution in [-0.2, 0) is 12.8 Å². The Morgan fingerprint density at radius 3 is 2.76 bits per heavy atom. The summed E-state index contributed by atoms with van der Waals surface area (Å²) >= 11 is 1.60. The van der Waals surface area contributed by atoms with Gasteiger partial charge in [-0.25, -0.2) is 9.97 Å². The van der Waals surface area contributed by atoms with E-state index in [1.165, 1.54) is 0 Å². The third kappa shape index (κ3) is 2.82. The van der Waals surface area contributed by atoms with E-state index in [0.29, 0.717) is 5.75 Å². The first-order chi connectivity index (χ1) is 12.0. The van der Waals surface area contributed by atoms with Crippen LogP contribution >= 0.6 is 11.8 Å². The lowest BCUT2D eigenvalue weighted by Gasteiger charge is -2.02. The van der Waals surface area contributed by atoms with Crippen molar-refractivity contribution in [3.63, 3.8) is 0 Å². The number of rotatable bonds is 4. The minimum atomic E-state index is 0.707. The topological polar surface area (TPSA) is 74.0 Å². The molecule has 4 heterocycles. The van der Waals surface area contributed by atoms with Crippen LogP contribution in [0.25, 0.3) is 17.2 Å². The summed E-state index contributed by atoms with van der Waals surface area (Å²) in [6, 6.07) is 3.96. The molecule has 0 bridgehead atoms. The Balaban J connectivity index is 1.57. The van der Waals surface area contributed by atoms with Gasteiger partial charge in [-0.15, -0.1) is 10.2 Å². The van der Waals surface area contributed by atoms with E-state index in [0.717, 1.165) is 45.2 Å². The number of furan rings is 1. The molecule has 0 aromatic carbocycles. The predicted molar refractivity (Wildman–Crippen MR) is 95.5 cm³/mol. The van der Waals surface area contributed by atoms with Crippen LogP contribution in [0.15, 0.2) is 34.2 Å². The Labute approximate surface area is 149 Å². The minimum absolute atomic E-state index is 0.707. The fourth-order valence-electron chi connectivity index (χ4n) is 2.82. The molecule has 0 fully saturated rings. The number of imidazole rings is 1. The average molecular weight is 354 g/mol. The van der Waals surface area contributed by atoms with Gasteiger partial charge in [-0.2, -0.15) is 0 Å². The van der Waals surface area contributed by atoms with E-state index in [4.69, 9.17) is 4.42 Å². The fraction of sp³-hybridized carbons (Fsp3) is 0.294. The molecule has 0 unspecified atom stereocenters. The van der Waals surface area contributed by atoms with E-state index in [2.05, 4.69) is 27.1 Å². The third-order valence-electron chi connectivity index (χ3n) is 4.10. The Bertz CT molecular complexity index is 1060. The minimum Gasteiger partial charge on any atom is -0.469 e. The Morgan fingerprint density at radius 2 is 2.00 bits per heavy atom. The number of thioether (sulfide) groups is 1. The normalized spacial score (nSPS) is 11.5. The van der Waals surface area contributed by atoms with Crippen LogP contribution in [0.3, 0.4) is 0 Å². The fourth-order valence-corrected chi connectivity index (χ4v) is 3.61. The SMILES string of the molecule is Cc1cc(C)n2cc(CSc3nnc(-c4ccoc4C)n3C)nc2n1. The summed E-state index contributed by atoms with van der Waals surface area (Å²) in [5.74, 6) is 3.08. The van der Waals surface area contributed by atoms with Crippen molar-refractivity contribution in [1.82, 2.24) is 29.1 Å². The lowest BCUT2D eigenvalue weighted by atomic mass is 10.2. The molecule has 0 aliphatic heterocycles. The summed E-state index contributed by atoms with van der Waals surface area (Å²) < 4.78 is 9.35. The van der Waals surface area contributed by atoms with Crippen LogP contribution in [0.2, 0.25) is 0 Å². The smallest absolute Gasteiger partial charge is 0.234 e. The van der Waals surface area contributed by atoms with E-state index < -0.39 is 0 Å². The summed E-state index contributed by atoms with van der Waals surface area (Å²) in [7, 11) is 1.96. The number of hydrogen-bond donors (Lipinski definition) is 0. The van der Waals surface area contributed by atoms with Gasteiger partial charge in [-0.05, 0) is 32.9 Å². The van der Waals surface area contributed by atoms with Gasteiger partial charge in [0.05, 0.1) is 17.5 Å². The van der Waals surface area contributed by atoms with Gasteiger partial charge in [0.2, 0.25) is 5.78 Å². The Hall–Kier alpha value is -2.61. The first kappa shape index (κ1) is 15.9. The number of aryl methyl sites for hydroxylation is 3. The standard InChI is InChI=1S/C17H18N6OS/c1-10-7-11(2)23-8-13(19-16(23)18-10)9-25-17-21-20-15(22(17)4)14-5-6-24-12(14)3/h5-8H,9H2,1-4H3. The molecule has 4 aromatic heterocycles. The Morgan fingerprint density at radius 1 is 1.16 bits per heavy atom. The van der Waals surface area contributed by atoms with Crippen molar-refractivity contribution in [3.8, 4) is 11.4 Å². The second kappa shape index (κ2) is 6.03. The summed E-state index contributed by atoms with van der Waals surface area (Å²) in [5.41, 5.74) is 4.03. The van der Waals surface area contributed by atoms with Crippen LogP contribution in [-0.4, -0.2) is 29.1 Å². The summed E-state index contributed by atoms with van der Waals surface area (Å²) in [4.78, 5) is 9.08. The second-order valence-electron chi connectivity index (χ2n) is 5.99. The zero-order valence-electron chi connectivity index (χ0n) is 14.5. The van der Waals surface area contributed by atoms with E-state index in [-0.39, 0.29) is 0 Å². The van der Waals surface area contributed by atoms with Crippen molar-refractivity contribution in [3.05, 3.63) is 47.4 Å². The van der Waals surface area contributed by atoms with E-state index in [1.807, 2.05) is 48.2 Å². The maximum Gasteiger partial charge on any atom is 0.234 e. The van der Waals surface area contributed by atoms with E-state index in [9.17, 15) is 0 Å². The molecule has 0 aliphatic carbocycles. The molecule has 4 aromatic rings. The summed E-state index contributed by atoms with van der Waals surface area (Å²) in [5, 5.41) is 9.43. The lowest BCUT2D eigenvalue weighted by molar-refractivity contribution is 0.534. The molecular formula is C17H18N6OS. The molecule has 128 valence electrons. The lowest BCUT2D eigenvalue weighted by Crippen LogP contribution is -1.95. The van der Waals surface area contributed by atoms with E-state index in [1.54, 1.807) is 18.0 Å². The molecule has 4 rings (SSSR count). The molecule has 0 saturated heterocycles. The molecule has 0 radical (unpaired) electrons. The largest absolute Gasteiger partial charge is 0.469 e. The molecule has 0 saturated carbocycles. The van der Waals surface area contributed by atoms with Crippen molar-refractivity contribution in [2.24, 2.45) is 7.05 Å². The molecular weight excluding hydrogens is 336 g/mol. The van der Waals surface area contributed by atoms with Crippen molar-refractivity contribution in [2.75, 3.05) is 0 Å². The van der Waals surface area contributed by atoms with Crippen LogP contribution < -0.4 is 0 Å². The summed E-state index contributed by atoms with van der Waals surface area (Å²) in [6.45, 7) is 5.96. The quantitative estimate of drug-likeness (QED) is 0.523. The molecule has 0 atom stereocenters. The van der Waals surface area contributed by atoms with Crippen LogP contribution in [0.4, 0.5) is 0 Å². The zero-order chi connectivity index (χ0) is 17.6. The first-order valence-electron chi connectivity index (χ1n) is 7.92. The van der Waals surface area contributed by atoms with Gasteiger partial charge in [-0.3, -0.25) is 4.40 Å². The number of fused-ring (bicyclic) bond motifs is 1. The van der Waals surface area contributed by atoms with Crippen LogP contribution in [0, 0.1) is 20.8 Å². The predicted octanol–water partition coefficient (Wildman–Crippen LogP) is 3.34. The zero-order valence-corrected chi connectivity index (χ0v) is 15.3. The van der Waals surface area contributed by atoms with Crippen LogP contribution in [0.5, 0.6) is 0 Å². The highest BCUT2D eigenvalue weighted by Gasteiger charge is 2.15. The average Bonchev–Trinajstić information content (AvgIpc) is 3.24. The highest BCUT2D eigenvalue weighted by atomic mass is 32.2. The Kier molecular flexibility index (Phi) is 3.84. The first-order valence-corrected chi connectivity index (χ1v) is 8.90. The monoisotopic (exact) mass is 354 g/mol. The molecule has 8 heteroatoms. The van der Waals surface area contributed by atoms with Gasteiger partial charge in [-0.1, -0.05) is 11.8 Å². The van der Waals surface area contributed by atoms with Crippen LogP contribution in [0.1, 0.15) is 22.8 Å². The van der Waals surface area contributed by atoms with Gasteiger partial charge < -0.3 is 8.98 Å². The molecule has 0 amide bonds. The van der Waals surface area contributed by atoms with Gasteiger partial charge in [0, 0.05) is 30.4 Å². The maximum atomic E-state index is 5.36. The van der Waals surface area contributed by atoms with Gasteiger partial charge in [0.25, 0.3) is 0 Å². The van der Waals surface area contributed by atoms with Gasteiger partial charge in [0.15, 0.2) is 11.0 Å². The third-order valence-corrected chi connectivity index (χ3v) is 5.15. The highest BCUT2D eigenvalue weighted by Crippen LogP contribution is 2.27. The molecule has 0 spiro atoms. The number of aromatic nitrogens is 6. The molecule has 25 heavy (non-hydrogen) atoms. The number of hydrogen-bond acceptors (Lipinski definition) is 6. The second-order valence-corrected chi connectivity index (χ2v) is 6.93. The van der Waals surface area contributed by atoms with Gasteiger partial charge >= 0.3 is 0 Å². The molecule has 7 nitrogen and oxygen atoms in total. The molecule has 0 aliphatic rings. The van der Waals surface area contributed by atoms with Crippen molar-refractivity contribution < 1.29 is 4.42 Å². The summed E-state index contributed by atoms with van der Waals surface area (Å²) in [6.07, 6.45) is 3.70. The maximum absolute atomic E-state index is 5.36. The molecule has 0 N–H and O–H groups in total. The van der Waals surface area contributed by atoms with Crippen molar-refractivity contribution >= 4 is 17.5 Å².